The van der Waals surface area contributed by atoms with Gasteiger partial charge in [0.2, 0.25) is 5.91 Å². The van der Waals surface area contributed by atoms with Gasteiger partial charge in [-0.1, -0.05) is 23.2 Å². The predicted octanol–water partition coefficient (Wildman–Crippen LogP) is 4.81. The molecule has 22 heteroatoms. The number of nitrogens with zero attached hydrogens (tertiary/aromatic N) is 6. The van der Waals surface area contributed by atoms with Gasteiger partial charge in [-0.25, -0.2) is 4.68 Å². The Labute approximate surface area is 286 Å². The number of carbonyl (C=O) groups is 1. The minimum atomic E-state index is -4.65. The average molecular weight is 767 g/mol. The van der Waals surface area contributed by atoms with Gasteiger partial charge in [0.05, 0.1) is 38.3 Å². The summed E-state index contributed by atoms with van der Waals surface area (Å²) in [5.74, 6) is -1.56. The van der Waals surface area contributed by atoms with E-state index in [9.17, 15) is 39.9 Å². The molecule has 48 heavy (non-hydrogen) atoms. The second-order valence-corrected chi connectivity index (χ2v) is 15.6. The van der Waals surface area contributed by atoms with Crippen molar-refractivity contribution in [2.24, 2.45) is 10.2 Å². The Balaban J connectivity index is 2.01. The first-order chi connectivity index (χ1) is 22.3. The van der Waals surface area contributed by atoms with E-state index in [4.69, 9.17) is 32.3 Å². The molecular weight excluding hydrogens is 737 g/mol. The number of unbranched alkanes of at least 4 members (excludes halogenated alkanes) is 2. The largest absolute Gasteiger partial charge is 0.371 e. The number of carbonyl (C=O) groups excluding carboxylic acids is 1. The van der Waals surface area contributed by atoms with Gasteiger partial charge < -0.3 is 10.2 Å². The van der Waals surface area contributed by atoms with Gasteiger partial charge in [0.15, 0.2) is 5.82 Å². The molecule has 0 bridgehead atoms. The number of hydrogen-bond acceptors (Lipinski definition) is 12. The maximum absolute atomic E-state index is 12.1. The van der Waals surface area contributed by atoms with E-state index in [1.807, 2.05) is 6.07 Å². The molecule has 1 aromatic heterocycles. The quantitative estimate of drug-likeness (QED) is 0.0867. The summed E-state index contributed by atoms with van der Waals surface area (Å²) in [6.07, 6.45) is 2.05. The summed E-state index contributed by atoms with van der Waals surface area (Å²) in [5.41, 5.74) is 0.655. The molecule has 0 saturated carbocycles. The third kappa shape index (κ3) is 11.5. The standard InChI is InChI=1S/C26H29Cl2N7O10S3/c1-17(36)31-24-12-19(34(8-2-4-10-46(37,38)39)9-3-5-11-47(40,41)42)6-7-23(24)32-33-26-18(15-29)16-30-35(26)25-21(27)13-20(14-22(25)28)48(43,44)45/h6-7,12-14,16H,2-5,8-11H2,1H3,(H,31,36)(H,37,38,39)(H,40,41,42)(H,43,44,45). The third-order valence-electron chi connectivity index (χ3n) is 6.43. The van der Waals surface area contributed by atoms with Crippen LogP contribution in [-0.4, -0.2) is 79.2 Å². The van der Waals surface area contributed by atoms with Crippen LogP contribution in [0.2, 0.25) is 10.0 Å². The molecule has 0 spiro atoms. The van der Waals surface area contributed by atoms with Crippen LogP contribution >= 0.6 is 23.2 Å². The van der Waals surface area contributed by atoms with E-state index in [0.717, 1.165) is 23.0 Å². The topological polar surface area (TPSA) is 262 Å². The molecule has 3 rings (SSSR count). The first-order valence-electron chi connectivity index (χ1n) is 13.7. The van der Waals surface area contributed by atoms with Crippen molar-refractivity contribution >= 4 is 82.3 Å². The number of benzene rings is 2. The molecule has 0 aliphatic carbocycles. The Bertz CT molecular complexity index is 2020. The second-order valence-electron chi connectivity index (χ2n) is 10.2. The molecule has 0 aliphatic rings. The fourth-order valence-corrected chi connectivity index (χ4v) is 6.77. The average Bonchev–Trinajstić information content (AvgIpc) is 3.35. The number of rotatable bonds is 16. The molecule has 0 radical (unpaired) electrons. The SMILES string of the molecule is CC(=O)Nc1cc(N(CCCCS(=O)(=O)O)CCCCS(=O)(=O)O)ccc1N=Nc1c(C#N)cnn1-c1c(Cl)cc(S(=O)(=O)O)cc1Cl. The maximum Gasteiger partial charge on any atom is 0.294 e. The summed E-state index contributed by atoms with van der Waals surface area (Å²) >= 11 is 12.5. The van der Waals surface area contributed by atoms with Crippen LogP contribution in [0.25, 0.3) is 5.69 Å². The Hall–Kier alpha value is -3.68. The van der Waals surface area contributed by atoms with Crippen LogP contribution in [0.1, 0.15) is 38.2 Å². The molecule has 1 amide bonds. The molecular formula is C26H29Cl2N7O10S3. The van der Waals surface area contributed by atoms with Crippen LogP contribution in [0, 0.1) is 11.3 Å². The molecule has 0 unspecified atom stereocenters. The number of halogens is 2. The zero-order valence-electron chi connectivity index (χ0n) is 25.0. The van der Waals surface area contributed by atoms with Gasteiger partial charge in [0.25, 0.3) is 30.4 Å². The number of azo groups is 1. The molecule has 0 aliphatic heterocycles. The molecule has 2 aromatic carbocycles. The lowest BCUT2D eigenvalue weighted by molar-refractivity contribution is -0.114. The number of nitriles is 1. The van der Waals surface area contributed by atoms with Gasteiger partial charge in [0, 0.05) is 25.7 Å². The molecule has 0 saturated heterocycles. The first-order valence-corrected chi connectivity index (χ1v) is 19.1. The van der Waals surface area contributed by atoms with E-state index in [2.05, 4.69) is 20.6 Å². The van der Waals surface area contributed by atoms with E-state index in [1.54, 1.807) is 17.0 Å². The van der Waals surface area contributed by atoms with Gasteiger partial charge in [-0.2, -0.15) is 35.6 Å². The summed E-state index contributed by atoms with van der Waals surface area (Å²) in [7, 11) is -13.0. The second kappa shape index (κ2) is 16.1. The van der Waals surface area contributed by atoms with Gasteiger partial charge >= 0.3 is 0 Å². The fourth-order valence-electron chi connectivity index (χ4n) is 4.32. The van der Waals surface area contributed by atoms with Gasteiger partial charge in [-0.05, 0) is 56.0 Å². The van der Waals surface area contributed by atoms with Crippen LogP contribution in [0.5, 0.6) is 0 Å². The molecule has 17 nitrogen and oxygen atoms in total. The number of amides is 1. The van der Waals surface area contributed by atoms with Crippen LogP contribution in [0.15, 0.2) is 51.7 Å². The van der Waals surface area contributed by atoms with Crippen molar-refractivity contribution in [2.45, 2.75) is 37.5 Å². The molecule has 0 atom stereocenters. The monoisotopic (exact) mass is 765 g/mol. The molecule has 260 valence electrons. The molecule has 1 heterocycles. The summed E-state index contributed by atoms with van der Waals surface area (Å²) < 4.78 is 96.3. The van der Waals surface area contributed by atoms with Crippen LogP contribution in [0.4, 0.5) is 22.9 Å². The third-order valence-corrected chi connectivity index (χ3v) is 9.45. The van der Waals surface area contributed by atoms with E-state index >= 15 is 0 Å². The highest BCUT2D eigenvalue weighted by atomic mass is 35.5. The zero-order valence-corrected chi connectivity index (χ0v) is 28.9. The lowest BCUT2D eigenvalue weighted by atomic mass is 10.2. The highest BCUT2D eigenvalue weighted by Crippen LogP contribution is 2.37. The fraction of sp³-hybridized carbons (Fsp3) is 0.346. The Kier molecular flexibility index (Phi) is 13.0. The number of anilines is 2. The van der Waals surface area contributed by atoms with Crippen molar-refractivity contribution in [2.75, 3.05) is 34.8 Å². The highest BCUT2D eigenvalue weighted by molar-refractivity contribution is 7.86. The van der Waals surface area contributed by atoms with Crippen molar-refractivity contribution < 1.29 is 43.7 Å². The van der Waals surface area contributed by atoms with Crippen molar-refractivity contribution in [3.05, 3.63) is 52.1 Å². The van der Waals surface area contributed by atoms with E-state index < -0.39 is 52.7 Å². The summed E-state index contributed by atoms with van der Waals surface area (Å²) in [5, 5.41) is 24.2. The lowest BCUT2D eigenvalue weighted by Gasteiger charge is -2.26. The maximum atomic E-state index is 12.1. The van der Waals surface area contributed by atoms with E-state index in [0.29, 0.717) is 18.5 Å². The normalized spacial score (nSPS) is 12.3. The first kappa shape index (κ1) is 38.8. The summed E-state index contributed by atoms with van der Waals surface area (Å²) in [6, 6.07) is 8.39. The lowest BCUT2D eigenvalue weighted by Crippen LogP contribution is -2.26. The minimum Gasteiger partial charge on any atom is -0.371 e. The van der Waals surface area contributed by atoms with Crippen LogP contribution in [-0.2, 0) is 35.1 Å². The summed E-state index contributed by atoms with van der Waals surface area (Å²) in [4.78, 5) is 13.3. The van der Waals surface area contributed by atoms with Gasteiger partial charge in [-0.3, -0.25) is 18.5 Å². The van der Waals surface area contributed by atoms with E-state index in [1.165, 1.54) is 13.0 Å². The van der Waals surface area contributed by atoms with Crippen molar-refractivity contribution in [3.8, 4) is 11.8 Å². The predicted molar refractivity (Wildman–Crippen MR) is 177 cm³/mol. The highest BCUT2D eigenvalue weighted by Gasteiger charge is 2.22. The number of hydrogen-bond donors (Lipinski definition) is 4. The zero-order chi connectivity index (χ0) is 35.9. The molecule has 0 fully saturated rings. The molecule has 4 N–H and O–H groups in total. The van der Waals surface area contributed by atoms with E-state index in [-0.39, 0.29) is 64.4 Å². The molecule has 3 aromatic rings. The summed E-state index contributed by atoms with van der Waals surface area (Å²) in [6.45, 7) is 1.81. The minimum absolute atomic E-state index is 0.0720. The Morgan fingerprint density at radius 1 is 0.938 bits per heavy atom. The van der Waals surface area contributed by atoms with Gasteiger partial charge in [0.1, 0.15) is 23.0 Å². The van der Waals surface area contributed by atoms with Crippen LogP contribution in [0.3, 0.4) is 0 Å². The van der Waals surface area contributed by atoms with Crippen molar-refractivity contribution in [1.82, 2.24) is 9.78 Å². The number of aromatic nitrogens is 2. The Morgan fingerprint density at radius 2 is 1.50 bits per heavy atom. The van der Waals surface area contributed by atoms with Crippen LogP contribution < -0.4 is 10.2 Å². The Morgan fingerprint density at radius 3 is 1.98 bits per heavy atom. The van der Waals surface area contributed by atoms with Crippen molar-refractivity contribution in [1.29, 1.82) is 5.26 Å². The van der Waals surface area contributed by atoms with Gasteiger partial charge in [-0.15, -0.1) is 10.2 Å². The smallest absolute Gasteiger partial charge is 0.294 e. The number of nitrogens with one attached hydrogen (secondary N) is 1. The van der Waals surface area contributed by atoms with Crippen molar-refractivity contribution in [3.63, 3.8) is 0 Å².